The van der Waals surface area contributed by atoms with Crippen LogP contribution >= 0.6 is 0 Å². The molecule has 1 amide bonds. The fourth-order valence-electron chi connectivity index (χ4n) is 3.04. The summed E-state index contributed by atoms with van der Waals surface area (Å²) in [6.07, 6.45) is 2.89. The van der Waals surface area contributed by atoms with Crippen LogP contribution in [0.1, 0.15) is 26.2 Å². The van der Waals surface area contributed by atoms with Crippen LogP contribution in [0.5, 0.6) is 11.5 Å². The third-order valence-electron chi connectivity index (χ3n) is 4.22. The van der Waals surface area contributed by atoms with E-state index in [1.807, 2.05) is 23.1 Å². The van der Waals surface area contributed by atoms with Crippen LogP contribution < -0.4 is 14.8 Å². The third kappa shape index (κ3) is 3.64. The van der Waals surface area contributed by atoms with Crippen LogP contribution in [0.4, 0.5) is 5.69 Å². The molecular weight excluding hydrogens is 280 g/mol. The zero-order valence-electron chi connectivity index (χ0n) is 13.1. The molecule has 1 atom stereocenters. The van der Waals surface area contributed by atoms with Crippen LogP contribution in [0.3, 0.4) is 0 Å². The number of fused-ring (bicyclic) bond motifs is 1. The first kappa shape index (κ1) is 15.0. The molecule has 1 unspecified atom stereocenters. The largest absolute Gasteiger partial charge is 0.486 e. The van der Waals surface area contributed by atoms with Crippen molar-refractivity contribution in [1.29, 1.82) is 0 Å². The van der Waals surface area contributed by atoms with Gasteiger partial charge in [0.2, 0.25) is 5.91 Å². The molecule has 2 aliphatic rings. The van der Waals surface area contributed by atoms with Gasteiger partial charge in [-0.1, -0.05) is 6.92 Å². The molecule has 0 saturated carbocycles. The number of carbonyl (C=O) groups excluding carboxylic acids is 1. The van der Waals surface area contributed by atoms with Gasteiger partial charge >= 0.3 is 0 Å². The second kappa shape index (κ2) is 6.90. The van der Waals surface area contributed by atoms with Gasteiger partial charge in [0, 0.05) is 37.8 Å². The number of hydrogen-bond acceptors (Lipinski definition) is 4. The van der Waals surface area contributed by atoms with Crippen molar-refractivity contribution in [2.24, 2.45) is 5.92 Å². The standard InChI is InChI=1S/C17H24N2O3/c1-13-3-2-8-19(12-13)17(20)6-7-18-14-4-5-15-16(11-14)22-10-9-21-15/h4-5,11,13,18H,2-3,6-10,12H2,1H3. The average Bonchev–Trinajstić information content (AvgIpc) is 2.54. The Bertz CT molecular complexity index is 533. The normalized spacial score (nSPS) is 20.6. The van der Waals surface area contributed by atoms with Gasteiger partial charge in [-0.25, -0.2) is 0 Å². The highest BCUT2D eigenvalue weighted by molar-refractivity contribution is 5.76. The van der Waals surface area contributed by atoms with Crippen LogP contribution in [0.25, 0.3) is 0 Å². The summed E-state index contributed by atoms with van der Waals surface area (Å²) in [5, 5.41) is 3.29. The Hall–Kier alpha value is -1.91. The molecule has 1 aromatic rings. The van der Waals surface area contributed by atoms with Crippen LogP contribution in [-0.2, 0) is 4.79 Å². The zero-order valence-corrected chi connectivity index (χ0v) is 13.1. The third-order valence-corrected chi connectivity index (χ3v) is 4.22. The lowest BCUT2D eigenvalue weighted by Crippen LogP contribution is -2.39. The summed E-state index contributed by atoms with van der Waals surface area (Å²) in [5.74, 6) is 2.43. The number of nitrogens with zero attached hydrogens (tertiary/aromatic N) is 1. The van der Waals surface area contributed by atoms with Gasteiger partial charge in [0.25, 0.3) is 0 Å². The molecule has 1 aromatic carbocycles. The molecule has 2 heterocycles. The SMILES string of the molecule is CC1CCCN(C(=O)CCNc2ccc3c(c2)OCCO3)C1. The summed E-state index contributed by atoms with van der Waals surface area (Å²) in [5.41, 5.74) is 0.962. The van der Waals surface area contributed by atoms with Gasteiger partial charge in [-0.3, -0.25) is 4.79 Å². The number of piperidine rings is 1. The average molecular weight is 304 g/mol. The number of nitrogens with one attached hydrogen (secondary N) is 1. The Morgan fingerprint density at radius 1 is 1.32 bits per heavy atom. The molecule has 1 fully saturated rings. The molecular formula is C17H24N2O3. The molecule has 0 aliphatic carbocycles. The number of benzene rings is 1. The lowest BCUT2D eigenvalue weighted by molar-refractivity contribution is -0.132. The second-order valence-corrected chi connectivity index (χ2v) is 6.12. The molecule has 120 valence electrons. The Balaban J connectivity index is 1.47. The molecule has 0 radical (unpaired) electrons. The molecule has 22 heavy (non-hydrogen) atoms. The van der Waals surface area contributed by atoms with Crippen molar-refractivity contribution in [2.75, 3.05) is 38.2 Å². The Labute approximate surface area is 131 Å². The topological polar surface area (TPSA) is 50.8 Å². The van der Waals surface area contributed by atoms with Gasteiger partial charge in [0.15, 0.2) is 11.5 Å². The predicted molar refractivity (Wildman–Crippen MR) is 85.5 cm³/mol. The number of likely N-dealkylation sites (tertiary alicyclic amines) is 1. The Kier molecular flexibility index (Phi) is 4.71. The lowest BCUT2D eigenvalue weighted by atomic mass is 10.00. The number of ether oxygens (including phenoxy) is 2. The van der Waals surface area contributed by atoms with Gasteiger partial charge in [-0.05, 0) is 30.9 Å². The van der Waals surface area contributed by atoms with Crippen LogP contribution in [0.2, 0.25) is 0 Å². The van der Waals surface area contributed by atoms with Crippen molar-refractivity contribution in [3.05, 3.63) is 18.2 Å². The molecule has 3 rings (SSSR count). The van der Waals surface area contributed by atoms with Gasteiger partial charge in [0.1, 0.15) is 13.2 Å². The molecule has 0 aromatic heterocycles. The van der Waals surface area contributed by atoms with Crippen LogP contribution in [0, 0.1) is 5.92 Å². The molecule has 0 bridgehead atoms. The van der Waals surface area contributed by atoms with E-state index in [0.29, 0.717) is 32.1 Å². The maximum Gasteiger partial charge on any atom is 0.224 e. The first-order chi connectivity index (χ1) is 10.7. The van der Waals surface area contributed by atoms with E-state index in [-0.39, 0.29) is 5.91 Å². The number of amides is 1. The number of anilines is 1. The monoisotopic (exact) mass is 304 g/mol. The first-order valence-electron chi connectivity index (χ1n) is 8.13. The molecule has 0 spiro atoms. The summed E-state index contributed by atoms with van der Waals surface area (Å²) >= 11 is 0. The number of carbonyl (C=O) groups is 1. The van der Waals surface area contributed by atoms with E-state index in [4.69, 9.17) is 9.47 Å². The zero-order chi connectivity index (χ0) is 15.4. The van der Waals surface area contributed by atoms with Crippen molar-refractivity contribution in [1.82, 2.24) is 4.90 Å². The quantitative estimate of drug-likeness (QED) is 0.928. The van der Waals surface area contributed by atoms with Crippen LogP contribution in [0.15, 0.2) is 18.2 Å². The summed E-state index contributed by atoms with van der Waals surface area (Å²) < 4.78 is 11.1. The van der Waals surface area contributed by atoms with Crippen molar-refractivity contribution >= 4 is 11.6 Å². The highest BCUT2D eigenvalue weighted by atomic mass is 16.6. The molecule has 5 heteroatoms. The van der Waals surface area contributed by atoms with Crippen molar-refractivity contribution in [3.63, 3.8) is 0 Å². The minimum absolute atomic E-state index is 0.247. The molecule has 5 nitrogen and oxygen atoms in total. The van der Waals surface area contributed by atoms with Crippen molar-refractivity contribution in [2.45, 2.75) is 26.2 Å². The number of hydrogen-bond donors (Lipinski definition) is 1. The fraction of sp³-hybridized carbons (Fsp3) is 0.588. The summed E-state index contributed by atoms with van der Waals surface area (Å²) in [7, 11) is 0. The molecule has 1 saturated heterocycles. The molecule has 1 N–H and O–H groups in total. The van der Waals surface area contributed by atoms with E-state index >= 15 is 0 Å². The highest BCUT2D eigenvalue weighted by Crippen LogP contribution is 2.32. The summed E-state index contributed by atoms with van der Waals surface area (Å²) in [4.78, 5) is 14.2. The predicted octanol–water partition coefficient (Wildman–Crippen LogP) is 2.52. The Morgan fingerprint density at radius 3 is 2.95 bits per heavy atom. The summed E-state index contributed by atoms with van der Waals surface area (Å²) in [6.45, 7) is 5.86. The van der Waals surface area contributed by atoms with E-state index in [9.17, 15) is 4.79 Å². The minimum Gasteiger partial charge on any atom is -0.486 e. The maximum atomic E-state index is 12.2. The van der Waals surface area contributed by atoms with E-state index in [2.05, 4.69) is 12.2 Å². The van der Waals surface area contributed by atoms with E-state index in [0.717, 1.165) is 36.7 Å². The fourth-order valence-corrected chi connectivity index (χ4v) is 3.04. The van der Waals surface area contributed by atoms with Crippen molar-refractivity contribution < 1.29 is 14.3 Å². The number of rotatable bonds is 4. The minimum atomic E-state index is 0.247. The van der Waals surface area contributed by atoms with E-state index in [1.54, 1.807) is 0 Å². The first-order valence-corrected chi connectivity index (χ1v) is 8.13. The lowest BCUT2D eigenvalue weighted by Gasteiger charge is -2.31. The van der Waals surface area contributed by atoms with Crippen LogP contribution in [-0.4, -0.2) is 43.7 Å². The summed E-state index contributed by atoms with van der Waals surface area (Å²) in [6, 6.07) is 5.80. The maximum absolute atomic E-state index is 12.2. The van der Waals surface area contributed by atoms with E-state index < -0.39 is 0 Å². The van der Waals surface area contributed by atoms with E-state index in [1.165, 1.54) is 6.42 Å². The Morgan fingerprint density at radius 2 is 2.14 bits per heavy atom. The highest BCUT2D eigenvalue weighted by Gasteiger charge is 2.20. The van der Waals surface area contributed by atoms with Gasteiger partial charge in [0.05, 0.1) is 0 Å². The van der Waals surface area contributed by atoms with Crippen molar-refractivity contribution in [3.8, 4) is 11.5 Å². The molecule has 2 aliphatic heterocycles. The van der Waals surface area contributed by atoms with Gasteiger partial charge in [-0.15, -0.1) is 0 Å². The van der Waals surface area contributed by atoms with Gasteiger partial charge < -0.3 is 19.7 Å². The van der Waals surface area contributed by atoms with Gasteiger partial charge in [-0.2, -0.15) is 0 Å². The smallest absolute Gasteiger partial charge is 0.224 e. The second-order valence-electron chi connectivity index (χ2n) is 6.12.